The van der Waals surface area contributed by atoms with Gasteiger partial charge in [-0.25, -0.2) is 0 Å². The van der Waals surface area contributed by atoms with Crippen LogP contribution in [-0.2, 0) is 6.42 Å². The van der Waals surface area contributed by atoms with Crippen molar-refractivity contribution in [1.82, 2.24) is 10.2 Å². The minimum Gasteiger partial charge on any atom is -0.496 e. The first-order valence-electron chi connectivity index (χ1n) is 5.83. The third-order valence-electron chi connectivity index (χ3n) is 2.68. The first-order chi connectivity index (χ1) is 8.65. The lowest BCUT2D eigenvalue weighted by Crippen LogP contribution is -2.02. The zero-order valence-corrected chi connectivity index (χ0v) is 10.9. The van der Waals surface area contributed by atoms with Gasteiger partial charge in [0.1, 0.15) is 5.75 Å². The number of benzene rings is 1. The van der Waals surface area contributed by atoms with E-state index in [1.807, 2.05) is 19.9 Å². The maximum atomic E-state index is 5.58. The van der Waals surface area contributed by atoms with Gasteiger partial charge in [0, 0.05) is 13.0 Å². The fourth-order valence-corrected chi connectivity index (χ4v) is 1.97. The van der Waals surface area contributed by atoms with Crippen molar-refractivity contribution in [1.29, 1.82) is 0 Å². The Bertz CT molecular complexity index is 549. The number of hydrogen-bond acceptors (Lipinski definition) is 5. The van der Waals surface area contributed by atoms with Gasteiger partial charge in [0.2, 0.25) is 5.89 Å². The monoisotopic (exact) mass is 247 g/mol. The Morgan fingerprint density at radius 2 is 2.06 bits per heavy atom. The van der Waals surface area contributed by atoms with Crippen LogP contribution in [0.15, 0.2) is 16.5 Å². The smallest absolute Gasteiger partial charge is 0.251 e. The average molecular weight is 247 g/mol. The number of rotatable bonds is 4. The molecule has 2 N–H and O–H groups in total. The number of nitrogens with two attached hydrogens (primary N) is 1. The maximum Gasteiger partial charge on any atom is 0.251 e. The summed E-state index contributed by atoms with van der Waals surface area (Å²) in [5.41, 5.74) is 8.46. The summed E-state index contributed by atoms with van der Waals surface area (Å²) in [6.45, 7) is 4.51. The van der Waals surface area contributed by atoms with E-state index in [9.17, 15) is 0 Å². The van der Waals surface area contributed by atoms with Crippen molar-refractivity contribution in [3.63, 3.8) is 0 Å². The van der Waals surface area contributed by atoms with Crippen LogP contribution in [0.5, 0.6) is 5.75 Å². The van der Waals surface area contributed by atoms with Gasteiger partial charge in [-0.15, -0.1) is 10.2 Å². The molecule has 5 nitrogen and oxygen atoms in total. The van der Waals surface area contributed by atoms with E-state index in [-0.39, 0.29) is 0 Å². The summed E-state index contributed by atoms with van der Waals surface area (Å²) in [5, 5.41) is 8.01. The van der Waals surface area contributed by atoms with Crippen molar-refractivity contribution in [3.8, 4) is 17.2 Å². The molecular formula is C13H17N3O2. The predicted octanol–water partition coefficient (Wildman–Crippen LogP) is 1.86. The Balaban J connectivity index is 2.48. The van der Waals surface area contributed by atoms with E-state index >= 15 is 0 Å². The summed E-state index contributed by atoms with van der Waals surface area (Å²) in [6, 6.07) is 4.03. The Morgan fingerprint density at radius 1 is 1.28 bits per heavy atom. The van der Waals surface area contributed by atoms with Gasteiger partial charge in [-0.2, -0.15) is 0 Å². The fraction of sp³-hybridized carbons (Fsp3) is 0.385. The zero-order chi connectivity index (χ0) is 13.1. The molecule has 0 atom stereocenters. The van der Waals surface area contributed by atoms with Crippen LogP contribution in [-0.4, -0.2) is 23.9 Å². The first kappa shape index (κ1) is 12.6. The van der Waals surface area contributed by atoms with Gasteiger partial charge in [0.05, 0.1) is 12.7 Å². The van der Waals surface area contributed by atoms with Crippen LogP contribution in [0.4, 0.5) is 0 Å². The third kappa shape index (κ3) is 2.36. The molecule has 0 amide bonds. The second-order valence-electron chi connectivity index (χ2n) is 4.20. The zero-order valence-electron chi connectivity index (χ0n) is 10.9. The van der Waals surface area contributed by atoms with Gasteiger partial charge in [-0.3, -0.25) is 0 Å². The Kier molecular flexibility index (Phi) is 3.62. The molecule has 5 heteroatoms. The van der Waals surface area contributed by atoms with E-state index in [2.05, 4.69) is 16.3 Å². The highest BCUT2D eigenvalue weighted by Gasteiger charge is 2.15. The van der Waals surface area contributed by atoms with Crippen molar-refractivity contribution in [3.05, 3.63) is 29.2 Å². The van der Waals surface area contributed by atoms with Crippen LogP contribution in [0.3, 0.4) is 0 Å². The standard InChI is InChI=1S/C13H17N3O2/c1-8-6-9(2)12(17-3)10(7-8)13-16-15-11(18-13)4-5-14/h6-7H,4-5,14H2,1-3H3. The Hall–Kier alpha value is -1.88. The van der Waals surface area contributed by atoms with Gasteiger partial charge in [0.15, 0.2) is 0 Å². The third-order valence-corrected chi connectivity index (χ3v) is 2.68. The molecule has 18 heavy (non-hydrogen) atoms. The first-order valence-corrected chi connectivity index (χ1v) is 5.83. The number of ether oxygens (including phenoxy) is 1. The lowest BCUT2D eigenvalue weighted by atomic mass is 10.1. The molecule has 0 spiro atoms. The van der Waals surface area contributed by atoms with Crippen molar-refractivity contribution in [2.75, 3.05) is 13.7 Å². The molecule has 2 rings (SSSR count). The van der Waals surface area contributed by atoms with Crippen LogP contribution >= 0.6 is 0 Å². The van der Waals surface area contributed by atoms with E-state index < -0.39 is 0 Å². The summed E-state index contributed by atoms with van der Waals surface area (Å²) >= 11 is 0. The summed E-state index contributed by atoms with van der Waals surface area (Å²) in [6.07, 6.45) is 0.583. The molecule has 1 heterocycles. The van der Waals surface area contributed by atoms with Crippen LogP contribution in [0.1, 0.15) is 17.0 Å². The molecule has 96 valence electrons. The number of aromatic nitrogens is 2. The molecule has 0 bridgehead atoms. The summed E-state index contributed by atoms with van der Waals surface area (Å²) in [5.74, 6) is 1.79. The van der Waals surface area contributed by atoms with E-state index in [4.69, 9.17) is 14.9 Å². The number of methoxy groups -OCH3 is 1. The number of nitrogens with zero attached hydrogens (tertiary/aromatic N) is 2. The molecule has 0 aliphatic carbocycles. The van der Waals surface area contributed by atoms with Crippen LogP contribution in [0.25, 0.3) is 11.5 Å². The summed E-state index contributed by atoms with van der Waals surface area (Å²) < 4.78 is 11.0. The van der Waals surface area contributed by atoms with E-state index in [0.29, 0.717) is 24.7 Å². The van der Waals surface area contributed by atoms with Crippen molar-refractivity contribution in [2.45, 2.75) is 20.3 Å². The Labute approximate surface area is 106 Å². The summed E-state index contributed by atoms with van der Waals surface area (Å²) in [7, 11) is 1.64. The fourth-order valence-electron chi connectivity index (χ4n) is 1.97. The van der Waals surface area contributed by atoms with Gasteiger partial charge >= 0.3 is 0 Å². The molecule has 0 aliphatic heterocycles. The average Bonchev–Trinajstić information content (AvgIpc) is 2.77. The predicted molar refractivity (Wildman–Crippen MR) is 68.5 cm³/mol. The SMILES string of the molecule is COc1c(C)cc(C)cc1-c1nnc(CCN)o1. The molecule has 0 saturated carbocycles. The molecule has 1 aromatic carbocycles. The van der Waals surface area contributed by atoms with E-state index in [1.165, 1.54) is 0 Å². The minimum atomic E-state index is 0.474. The van der Waals surface area contributed by atoms with Gasteiger partial charge < -0.3 is 14.9 Å². The number of hydrogen-bond donors (Lipinski definition) is 1. The van der Waals surface area contributed by atoms with Gasteiger partial charge in [0.25, 0.3) is 5.89 Å². The number of aryl methyl sites for hydroxylation is 2. The highest BCUT2D eigenvalue weighted by molar-refractivity contribution is 5.66. The second-order valence-corrected chi connectivity index (χ2v) is 4.20. The second kappa shape index (κ2) is 5.18. The summed E-state index contributed by atoms with van der Waals surface area (Å²) in [4.78, 5) is 0. The molecule has 0 aliphatic rings. The van der Waals surface area contributed by atoms with Crippen molar-refractivity contribution >= 4 is 0 Å². The molecular weight excluding hydrogens is 230 g/mol. The molecule has 0 unspecified atom stereocenters. The quantitative estimate of drug-likeness (QED) is 0.892. The molecule has 1 aromatic heterocycles. The van der Waals surface area contributed by atoms with E-state index in [0.717, 1.165) is 22.4 Å². The lowest BCUT2D eigenvalue weighted by molar-refractivity contribution is 0.410. The molecule has 0 fully saturated rings. The molecule has 2 aromatic rings. The largest absolute Gasteiger partial charge is 0.496 e. The van der Waals surface area contributed by atoms with Crippen LogP contribution in [0.2, 0.25) is 0 Å². The van der Waals surface area contributed by atoms with Crippen LogP contribution in [0, 0.1) is 13.8 Å². The highest BCUT2D eigenvalue weighted by Crippen LogP contribution is 2.33. The van der Waals surface area contributed by atoms with Gasteiger partial charge in [-0.05, 0) is 31.0 Å². The van der Waals surface area contributed by atoms with Gasteiger partial charge in [-0.1, -0.05) is 6.07 Å². The topological polar surface area (TPSA) is 74.2 Å². The van der Waals surface area contributed by atoms with Crippen LogP contribution < -0.4 is 10.5 Å². The lowest BCUT2D eigenvalue weighted by Gasteiger charge is -2.09. The Morgan fingerprint density at radius 3 is 2.72 bits per heavy atom. The van der Waals surface area contributed by atoms with Crippen molar-refractivity contribution in [2.24, 2.45) is 5.73 Å². The normalized spacial score (nSPS) is 10.7. The van der Waals surface area contributed by atoms with Crippen molar-refractivity contribution < 1.29 is 9.15 Å². The minimum absolute atomic E-state index is 0.474. The molecule has 0 saturated heterocycles. The maximum absolute atomic E-state index is 5.58. The highest BCUT2D eigenvalue weighted by atomic mass is 16.5. The molecule has 0 radical (unpaired) electrons. The van der Waals surface area contributed by atoms with E-state index in [1.54, 1.807) is 7.11 Å².